The summed E-state index contributed by atoms with van der Waals surface area (Å²) in [5, 5.41) is 13.1. The number of amides is 1. The molecular weight excluding hydrogens is 266 g/mol. The molecule has 0 saturated carbocycles. The average Bonchev–Trinajstić information content (AvgIpc) is 2.43. The smallest absolute Gasteiger partial charge is 0.251 e. The van der Waals surface area contributed by atoms with Crippen LogP contribution in [0.1, 0.15) is 44.0 Å². The summed E-state index contributed by atoms with van der Waals surface area (Å²) < 4.78 is 0. The third-order valence-electron chi connectivity index (χ3n) is 3.36. The van der Waals surface area contributed by atoms with Crippen LogP contribution in [0, 0.1) is 5.92 Å². The summed E-state index contributed by atoms with van der Waals surface area (Å²) in [7, 11) is 3.75. The second kappa shape index (κ2) is 7.41. The molecule has 0 aliphatic heterocycles. The van der Waals surface area contributed by atoms with Crippen LogP contribution in [0.15, 0.2) is 18.3 Å². The molecule has 1 aromatic heterocycles. The number of anilines is 1. The molecule has 0 aliphatic carbocycles. The number of hydrogen-bond acceptors (Lipinski definition) is 4. The number of pyridine rings is 1. The van der Waals surface area contributed by atoms with E-state index in [-0.39, 0.29) is 12.5 Å². The maximum Gasteiger partial charge on any atom is 0.251 e. The highest BCUT2D eigenvalue weighted by Gasteiger charge is 2.21. The van der Waals surface area contributed by atoms with Crippen molar-refractivity contribution in [1.29, 1.82) is 0 Å². The summed E-state index contributed by atoms with van der Waals surface area (Å²) in [6.07, 6.45) is 3.22. The fourth-order valence-electron chi connectivity index (χ4n) is 1.86. The molecule has 1 unspecified atom stereocenters. The molecule has 1 heterocycles. The van der Waals surface area contributed by atoms with Crippen molar-refractivity contribution in [1.82, 2.24) is 10.3 Å². The third kappa shape index (κ3) is 6.12. The van der Waals surface area contributed by atoms with Gasteiger partial charge in [0, 0.05) is 32.4 Å². The highest BCUT2D eigenvalue weighted by molar-refractivity contribution is 5.94. The fraction of sp³-hybridized carbons (Fsp3) is 0.625. The largest absolute Gasteiger partial charge is 0.388 e. The molecule has 1 aromatic rings. The van der Waals surface area contributed by atoms with E-state index in [1.165, 1.54) is 0 Å². The number of nitrogens with zero attached hydrogens (tertiary/aromatic N) is 2. The van der Waals surface area contributed by atoms with Crippen LogP contribution < -0.4 is 10.2 Å². The Kier molecular flexibility index (Phi) is 6.15. The van der Waals surface area contributed by atoms with E-state index in [0.717, 1.165) is 12.2 Å². The van der Waals surface area contributed by atoms with Gasteiger partial charge in [0.15, 0.2) is 0 Å². The molecule has 0 fully saturated rings. The lowest BCUT2D eigenvalue weighted by Crippen LogP contribution is -2.40. The summed E-state index contributed by atoms with van der Waals surface area (Å²) >= 11 is 0. The van der Waals surface area contributed by atoms with Gasteiger partial charge in [-0.2, -0.15) is 0 Å². The van der Waals surface area contributed by atoms with Crippen LogP contribution in [-0.2, 0) is 0 Å². The van der Waals surface area contributed by atoms with Gasteiger partial charge in [-0.1, -0.05) is 13.8 Å². The van der Waals surface area contributed by atoms with Crippen molar-refractivity contribution < 1.29 is 9.90 Å². The summed E-state index contributed by atoms with van der Waals surface area (Å²) in [6, 6.07) is 3.41. The Hall–Kier alpha value is -1.62. The van der Waals surface area contributed by atoms with Crippen LogP contribution in [0.3, 0.4) is 0 Å². The van der Waals surface area contributed by atoms with E-state index in [1.807, 2.05) is 19.0 Å². The van der Waals surface area contributed by atoms with Gasteiger partial charge < -0.3 is 15.3 Å². The van der Waals surface area contributed by atoms with E-state index in [9.17, 15) is 9.90 Å². The lowest BCUT2D eigenvalue weighted by Gasteiger charge is -2.24. The van der Waals surface area contributed by atoms with Crippen molar-refractivity contribution in [3.63, 3.8) is 0 Å². The van der Waals surface area contributed by atoms with Gasteiger partial charge >= 0.3 is 0 Å². The zero-order valence-corrected chi connectivity index (χ0v) is 13.7. The first-order valence-electron chi connectivity index (χ1n) is 7.35. The van der Waals surface area contributed by atoms with E-state index in [0.29, 0.717) is 17.9 Å². The molecule has 0 aromatic carbocycles. The van der Waals surface area contributed by atoms with Crippen molar-refractivity contribution in [3.05, 3.63) is 23.9 Å². The van der Waals surface area contributed by atoms with Crippen LogP contribution in [0.5, 0.6) is 0 Å². The zero-order valence-electron chi connectivity index (χ0n) is 13.7. The van der Waals surface area contributed by atoms with Gasteiger partial charge in [-0.05, 0) is 37.8 Å². The van der Waals surface area contributed by atoms with Crippen LogP contribution in [0.25, 0.3) is 0 Å². The Morgan fingerprint density at radius 1 is 1.48 bits per heavy atom. The second-order valence-electron chi connectivity index (χ2n) is 6.41. The van der Waals surface area contributed by atoms with Gasteiger partial charge in [-0.15, -0.1) is 0 Å². The maximum absolute atomic E-state index is 12.1. The monoisotopic (exact) mass is 293 g/mol. The van der Waals surface area contributed by atoms with Crippen molar-refractivity contribution >= 4 is 11.7 Å². The number of aromatic nitrogens is 1. The third-order valence-corrected chi connectivity index (χ3v) is 3.36. The summed E-state index contributed by atoms with van der Waals surface area (Å²) in [5.41, 5.74) is -0.328. The molecule has 1 rings (SSSR count). The predicted molar refractivity (Wildman–Crippen MR) is 85.6 cm³/mol. The maximum atomic E-state index is 12.1. The first-order chi connectivity index (χ1) is 9.71. The van der Waals surface area contributed by atoms with Crippen LogP contribution in [0.2, 0.25) is 0 Å². The molecule has 0 aliphatic rings. The SMILES string of the molecule is CC(C)CCC(C)(O)CNC(=O)c1ccnc(N(C)C)c1. The normalized spacial score (nSPS) is 13.9. The van der Waals surface area contributed by atoms with E-state index in [2.05, 4.69) is 24.1 Å². The summed E-state index contributed by atoms with van der Waals surface area (Å²) in [4.78, 5) is 18.2. The predicted octanol–water partition coefficient (Wildman–Crippen LogP) is 2.06. The standard InChI is InChI=1S/C16H27N3O2/c1-12(2)6-8-16(3,21)11-18-15(20)13-7-9-17-14(10-13)19(4)5/h7,9-10,12,21H,6,8,11H2,1-5H3,(H,18,20). The highest BCUT2D eigenvalue weighted by Crippen LogP contribution is 2.16. The van der Waals surface area contributed by atoms with Gasteiger partial charge in [0.25, 0.3) is 5.91 Å². The topological polar surface area (TPSA) is 65.5 Å². The Morgan fingerprint density at radius 3 is 2.71 bits per heavy atom. The molecule has 118 valence electrons. The summed E-state index contributed by atoms with van der Waals surface area (Å²) in [5.74, 6) is 1.08. The second-order valence-corrected chi connectivity index (χ2v) is 6.41. The minimum atomic E-state index is -0.878. The molecule has 1 amide bonds. The van der Waals surface area contributed by atoms with Crippen molar-refractivity contribution in [3.8, 4) is 0 Å². The lowest BCUT2D eigenvalue weighted by molar-refractivity contribution is 0.0429. The molecule has 0 bridgehead atoms. The number of carbonyl (C=O) groups is 1. The van der Waals surface area contributed by atoms with Gasteiger partial charge in [0.2, 0.25) is 0 Å². The van der Waals surface area contributed by atoms with Gasteiger partial charge in [0.05, 0.1) is 5.60 Å². The highest BCUT2D eigenvalue weighted by atomic mass is 16.3. The quantitative estimate of drug-likeness (QED) is 0.807. The molecule has 5 heteroatoms. The summed E-state index contributed by atoms with van der Waals surface area (Å²) in [6.45, 7) is 6.24. The van der Waals surface area contributed by atoms with Crippen molar-refractivity contribution in [2.45, 2.75) is 39.2 Å². The van der Waals surface area contributed by atoms with Crippen LogP contribution >= 0.6 is 0 Å². The molecule has 0 saturated heterocycles. The Balaban J connectivity index is 2.59. The first-order valence-corrected chi connectivity index (χ1v) is 7.35. The Bertz CT molecular complexity index is 470. The Labute approximate surface area is 127 Å². The molecule has 2 N–H and O–H groups in total. The average molecular weight is 293 g/mol. The number of aliphatic hydroxyl groups is 1. The molecule has 0 radical (unpaired) electrons. The lowest BCUT2D eigenvalue weighted by atomic mass is 9.95. The van der Waals surface area contributed by atoms with E-state index in [1.54, 1.807) is 25.3 Å². The number of nitrogens with one attached hydrogen (secondary N) is 1. The molecule has 21 heavy (non-hydrogen) atoms. The van der Waals surface area contributed by atoms with E-state index in [4.69, 9.17) is 0 Å². The first kappa shape index (κ1) is 17.4. The van der Waals surface area contributed by atoms with Crippen LogP contribution in [-0.4, -0.2) is 42.2 Å². The fourth-order valence-corrected chi connectivity index (χ4v) is 1.86. The van der Waals surface area contributed by atoms with Gasteiger partial charge in [-0.3, -0.25) is 4.79 Å². The van der Waals surface area contributed by atoms with Crippen molar-refractivity contribution in [2.75, 3.05) is 25.5 Å². The minimum Gasteiger partial charge on any atom is -0.388 e. The van der Waals surface area contributed by atoms with Gasteiger partial charge in [0.1, 0.15) is 5.82 Å². The van der Waals surface area contributed by atoms with Crippen molar-refractivity contribution in [2.24, 2.45) is 5.92 Å². The molecule has 5 nitrogen and oxygen atoms in total. The number of carbonyl (C=O) groups excluding carboxylic acids is 1. The minimum absolute atomic E-state index is 0.190. The molecular formula is C16H27N3O2. The van der Waals surface area contributed by atoms with Crippen LogP contribution in [0.4, 0.5) is 5.82 Å². The van der Waals surface area contributed by atoms with E-state index >= 15 is 0 Å². The Morgan fingerprint density at radius 2 is 2.14 bits per heavy atom. The van der Waals surface area contributed by atoms with Gasteiger partial charge in [-0.25, -0.2) is 4.98 Å². The zero-order chi connectivity index (χ0) is 16.0. The van der Waals surface area contributed by atoms with E-state index < -0.39 is 5.60 Å². The molecule has 0 spiro atoms. The number of rotatable bonds is 7. The number of hydrogen-bond donors (Lipinski definition) is 2. The molecule has 1 atom stereocenters.